The van der Waals surface area contributed by atoms with Crippen molar-refractivity contribution in [2.24, 2.45) is 5.92 Å². The summed E-state index contributed by atoms with van der Waals surface area (Å²) in [5.74, 6) is -1.06. The summed E-state index contributed by atoms with van der Waals surface area (Å²) < 4.78 is 20.4. The summed E-state index contributed by atoms with van der Waals surface area (Å²) in [4.78, 5) is 22.9. The zero-order chi connectivity index (χ0) is 16.5. The first-order chi connectivity index (χ1) is 10.2. The molecule has 0 radical (unpaired) electrons. The molecule has 1 amide bonds. The number of carbonyl (C=O) groups excluding carboxylic acids is 2. The Kier molecular flexibility index (Phi) is 4.90. The fraction of sp³-hybridized carbons (Fsp3) is 0.500. The predicted octanol–water partition coefficient (Wildman–Crippen LogP) is 3.28. The summed E-state index contributed by atoms with van der Waals surface area (Å²) in [7, 11) is 0. The molecule has 3 atom stereocenters. The highest BCUT2D eigenvalue weighted by atomic mass is 79.9. The molecule has 120 valence electrons. The van der Waals surface area contributed by atoms with Crippen LogP contribution in [0.15, 0.2) is 22.7 Å². The Morgan fingerprint density at radius 1 is 1.41 bits per heavy atom. The van der Waals surface area contributed by atoms with E-state index >= 15 is 0 Å². The molecule has 0 aliphatic heterocycles. The van der Waals surface area contributed by atoms with Gasteiger partial charge < -0.3 is 10.1 Å². The molecule has 22 heavy (non-hydrogen) atoms. The molecule has 0 saturated heterocycles. The maximum atomic E-state index is 14.4. The molecular weight excluding hydrogens is 353 g/mol. The van der Waals surface area contributed by atoms with Crippen LogP contribution < -0.4 is 5.32 Å². The molecule has 1 unspecified atom stereocenters. The molecule has 1 aliphatic carbocycles. The van der Waals surface area contributed by atoms with Crippen molar-refractivity contribution in [3.05, 3.63) is 34.1 Å². The molecule has 1 aromatic rings. The largest absolute Gasteiger partial charge is 0.462 e. The Balaban J connectivity index is 2.47. The number of rotatable bonds is 3. The average Bonchev–Trinajstić information content (AvgIpc) is 2.67. The monoisotopic (exact) mass is 371 g/mol. The van der Waals surface area contributed by atoms with Gasteiger partial charge in [-0.25, -0.2) is 4.39 Å². The molecule has 4 nitrogen and oxygen atoms in total. The van der Waals surface area contributed by atoms with Gasteiger partial charge in [-0.15, -0.1) is 0 Å². The van der Waals surface area contributed by atoms with Crippen LogP contribution in [0.4, 0.5) is 4.39 Å². The van der Waals surface area contributed by atoms with E-state index in [1.54, 1.807) is 12.1 Å². The normalized spacial score (nSPS) is 27.5. The van der Waals surface area contributed by atoms with E-state index in [0.717, 1.165) is 4.47 Å². The van der Waals surface area contributed by atoms with Crippen LogP contribution in [-0.4, -0.2) is 18.0 Å². The quantitative estimate of drug-likeness (QED) is 0.829. The highest BCUT2D eigenvalue weighted by Crippen LogP contribution is 2.46. The number of halogens is 2. The standard InChI is InChI=1S/C16H19BrFNO3/c1-9-6-13(22-11(3)21)8-16(9,19-10(2)20)14-7-12(17)4-5-15(14)18/h4-5,7,9,13H,6,8H2,1-3H3,(H,19,20)/t9-,13?,16+/m1/s1. The number of esters is 1. The first kappa shape index (κ1) is 16.9. The van der Waals surface area contributed by atoms with Gasteiger partial charge in [0.05, 0.1) is 5.54 Å². The van der Waals surface area contributed by atoms with Gasteiger partial charge in [-0.1, -0.05) is 22.9 Å². The number of hydrogen-bond acceptors (Lipinski definition) is 3. The number of amides is 1. The summed E-state index contributed by atoms with van der Waals surface area (Å²) in [6.07, 6.45) is 0.602. The zero-order valence-corrected chi connectivity index (χ0v) is 14.4. The third kappa shape index (κ3) is 3.32. The molecule has 2 rings (SSSR count). The summed E-state index contributed by atoms with van der Waals surface area (Å²) in [5.41, 5.74) is -0.459. The van der Waals surface area contributed by atoms with E-state index in [-0.39, 0.29) is 29.7 Å². The van der Waals surface area contributed by atoms with Crippen LogP contribution in [-0.2, 0) is 19.9 Å². The molecule has 1 fully saturated rings. The lowest BCUT2D eigenvalue weighted by molar-refractivity contribution is -0.146. The van der Waals surface area contributed by atoms with Crippen molar-refractivity contribution < 1.29 is 18.7 Å². The average molecular weight is 372 g/mol. The molecule has 1 aromatic carbocycles. The first-order valence-corrected chi connectivity index (χ1v) is 7.95. The van der Waals surface area contributed by atoms with Crippen molar-refractivity contribution in [2.75, 3.05) is 0 Å². The number of carbonyl (C=O) groups is 2. The third-order valence-electron chi connectivity index (χ3n) is 4.15. The molecule has 0 spiro atoms. The van der Waals surface area contributed by atoms with Gasteiger partial charge in [-0.2, -0.15) is 0 Å². The zero-order valence-electron chi connectivity index (χ0n) is 12.8. The predicted molar refractivity (Wildman–Crippen MR) is 83.5 cm³/mol. The molecule has 0 bridgehead atoms. The van der Waals surface area contributed by atoms with E-state index in [1.807, 2.05) is 6.92 Å². The van der Waals surface area contributed by atoms with Crippen LogP contribution in [0.3, 0.4) is 0 Å². The minimum absolute atomic E-state index is 0.0652. The second-order valence-electron chi connectivity index (χ2n) is 5.85. The van der Waals surface area contributed by atoms with Crippen LogP contribution in [0.1, 0.15) is 39.2 Å². The van der Waals surface area contributed by atoms with Gasteiger partial charge in [0.15, 0.2) is 0 Å². The van der Waals surface area contributed by atoms with Gasteiger partial charge in [0.1, 0.15) is 11.9 Å². The maximum absolute atomic E-state index is 14.4. The van der Waals surface area contributed by atoms with Crippen molar-refractivity contribution in [3.8, 4) is 0 Å². The van der Waals surface area contributed by atoms with Crippen LogP contribution in [0.2, 0.25) is 0 Å². The Hall–Kier alpha value is -1.43. The van der Waals surface area contributed by atoms with E-state index < -0.39 is 5.54 Å². The number of hydrogen-bond donors (Lipinski definition) is 1. The summed E-state index contributed by atoms with van der Waals surface area (Å²) in [6, 6.07) is 4.66. The number of nitrogens with one attached hydrogen (secondary N) is 1. The van der Waals surface area contributed by atoms with Crippen LogP contribution in [0.5, 0.6) is 0 Å². The van der Waals surface area contributed by atoms with Crippen LogP contribution >= 0.6 is 15.9 Å². The van der Waals surface area contributed by atoms with Gasteiger partial charge in [0.2, 0.25) is 5.91 Å². The van der Waals surface area contributed by atoms with Gasteiger partial charge in [-0.05, 0) is 30.5 Å². The summed E-state index contributed by atoms with van der Waals surface area (Å²) in [5, 5.41) is 2.90. The van der Waals surface area contributed by atoms with Gasteiger partial charge in [0, 0.05) is 30.3 Å². The Labute approximate surface area is 137 Å². The molecule has 1 saturated carbocycles. The molecule has 0 heterocycles. The lowest BCUT2D eigenvalue weighted by Crippen LogP contribution is -2.48. The van der Waals surface area contributed by atoms with Crippen LogP contribution in [0.25, 0.3) is 0 Å². The fourth-order valence-electron chi connectivity index (χ4n) is 3.33. The lowest BCUT2D eigenvalue weighted by Gasteiger charge is -2.35. The van der Waals surface area contributed by atoms with Gasteiger partial charge in [0.25, 0.3) is 0 Å². The smallest absolute Gasteiger partial charge is 0.302 e. The first-order valence-electron chi connectivity index (χ1n) is 7.16. The molecule has 1 aliphatic rings. The van der Waals surface area contributed by atoms with Gasteiger partial charge in [-0.3, -0.25) is 9.59 Å². The van der Waals surface area contributed by atoms with Gasteiger partial charge >= 0.3 is 5.97 Å². The number of ether oxygens (including phenoxy) is 1. The van der Waals surface area contributed by atoms with E-state index in [0.29, 0.717) is 18.4 Å². The topological polar surface area (TPSA) is 55.4 Å². The second kappa shape index (κ2) is 6.36. The summed E-state index contributed by atoms with van der Waals surface area (Å²) in [6.45, 7) is 4.69. The SMILES string of the molecule is CC(=O)N[C@@]1(c2cc(Br)ccc2F)CC(OC(C)=O)C[C@H]1C. The van der Waals surface area contributed by atoms with Crippen molar-refractivity contribution in [1.82, 2.24) is 5.32 Å². The number of benzene rings is 1. The van der Waals surface area contributed by atoms with Crippen LogP contribution in [0, 0.1) is 11.7 Å². The Morgan fingerprint density at radius 2 is 2.09 bits per heavy atom. The highest BCUT2D eigenvalue weighted by Gasteiger charge is 2.49. The maximum Gasteiger partial charge on any atom is 0.302 e. The minimum atomic E-state index is -0.875. The molecule has 1 N–H and O–H groups in total. The molecule has 0 aromatic heterocycles. The Morgan fingerprint density at radius 3 is 2.68 bits per heavy atom. The van der Waals surface area contributed by atoms with E-state index in [2.05, 4.69) is 21.2 Å². The fourth-order valence-corrected chi connectivity index (χ4v) is 3.70. The van der Waals surface area contributed by atoms with Crippen molar-refractivity contribution in [2.45, 2.75) is 45.3 Å². The van der Waals surface area contributed by atoms with E-state index in [1.165, 1.54) is 19.9 Å². The highest BCUT2D eigenvalue weighted by molar-refractivity contribution is 9.10. The second-order valence-corrected chi connectivity index (χ2v) is 6.76. The third-order valence-corrected chi connectivity index (χ3v) is 4.64. The molecular formula is C16H19BrFNO3. The van der Waals surface area contributed by atoms with Crippen molar-refractivity contribution in [1.29, 1.82) is 0 Å². The molecule has 6 heteroatoms. The Bertz CT molecular complexity index is 607. The minimum Gasteiger partial charge on any atom is -0.462 e. The van der Waals surface area contributed by atoms with E-state index in [9.17, 15) is 14.0 Å². The summed E-state index contributed by atoms with van der Waals surface area (Å²) >= 11 is 3.34. The van der Waals surface area contributed by atoms with E-state index in [4.69, 9.17) is 4.74 Å². The van der Waals surface area contributed by atoms with Crippen molar-refractivity contribution >= 4 is 27.8 Å². The lowest BCUT2D eigenvalue weighted by atomic mass is 9.81. The van der Waals surface area contributed by atoms with Crippen molar-refractivity contribution in [3.63, 3.8) is 0 Å².